The summed E-state index contributed by atoms with van der Waals surface area (Å²) in [7, 11) is 0. The molecule has 0 aromatic heterocycles. The van der Waals surface area contributed by atoms with Crippen molar-refractivity contribution in [2.75, 3.05) is 5.32 Å². The van der Waals surface area contributed by atoms with Gasteiger partial charge in [-0.15, -0.1) is 0 Å². The van der Waals surface area contributed by atoms with Crippen LogP contribution >= 0.6 is 0 Å². The molecule has 7 nitrogen and oxygen atoms in total. The highest BCUT2D eigenvalue weighted by molar-refractivity contribution is 5.94. The molecular formula is C50H53NO6. The number of hydrogen-bond acceptors (Lipinski definition) is 6. The number of anilines is 1. The molecule has 57 heavy (non-hydrogen) atoms. The lowest BCUT2D eigenvalue weighted by molar-refractivity contribution is -0.116. The first kappa shape index (κ1) is 39.5. The number of para-hydroxylation sites is 2. The van der Waals surface area contributed by atoms with E-state index >= 15 is 0 Å². The van der Waals surface area contributed by atoms with E-state index in [0.29, 0.717) is 29.9 Å². The van der Waals surface area contributed by atoms with Crippen LogP contribution in [0.25, 0.3) is 0 Å². The minimum absolute atomic E-state index is 0.0614. The molecule has 5 aromatic rings. The Labute approximate surface area is 336 Å². The Hall–Kier alpha value is -5.69. The highest BCUT2D eigenvalue weighted by Crippen LogP contribution is 2.45. The number of carbonyl (C=O) groups excluding carboxylic acids is 3. The fraction of sp³-hybridized carbons (Fsp3) is 0.340. The van der Waals surface area contributed by atoms with E-state index in [2.05, 4.69) is 44.3 Å². The third-order valence-corrected chi connectivity index (χ3v) is 11.3. The van der Waals surface area contributed by atoms with Crippen molar-refractivity contribution in [1.29, 1.82) is 0 Å². The lowest BCUT2D eigenvalue weighted by Crippen LogP contribution is -2.24. The van der Waals surface area contributed by atoms with Crippen LogP contribution in [-0.4, -0.2) is 23.9 Å². The molecule has 1 heterocycles. The van der Waals surface area contributed by atoms with E-state index in [1.54, 1.807) is 24.3 Å². The van der Waals surface area contributed by atoms with E-state index in [1.165, 1.54) is 19.3 Å². The van der Waals surface area contributed by atoms with Crippen molar-refractivity contribution in [2.45, 2.75) is 103 Å². The van der Waals surface area contributed by atoms with E-state index in [-0.39, 0.29) is 36.4 Å². The van der Waals surface area contributed by atoms with E-state index in [4.69, 9.17) is 14.2 Å². The highest BCUT2D eigenvalue weighted by atomic mass is 16.5. The Kier molecular flexibility index (Phi) is 12.5. The number of aryl methyl sites for hydroxylation is 1. The Morgan fingerprint density at radius 1 is 0.719 bits per heavy atom. The number of nitrogens with one attached hydrogen (secondary N) is 1. The lowest BCUT2D eigenvalue weighted by Gasteiger charge is -2.29. The van der Waals surface area contributed by atoms with Gasteiger partial charge in [0.15, 0.2) is 0 Å². The number of rotatable bonds is 13. The van der Waals surface area contributed by atoms with Gasteiger partial charge in [0.25, 0.3) is 0 Å². The molecule has 1 unspecified atom stereocenters. The summed E-state index contributed by atoms with van der Waals surface area (Å²) < 4.78 is 17.9. The zero-order valence-electron chi connectivity index (χ0n) is 33.3. The first-order chi connectivity index (χ1) is 27.6. The van der Waals surface area contributed by atoms with Crippen LogP contribution in [0.15, 0.2) is 121 Å². The molecule has 1 saturated carbocycles. The topological polar surface area (TPSA) is 90.9 Å². The molecule has 294 valence electrons. The van der Waals surface area contributed by atoms with Gasteiger partial charge in [-0.2, -0.15) is 0 Å². The van der Waals surface area contributed by atoms with Gasteiger partial charge in [0.2, 0.25) is 5.91 Å². The first-order valence-electron chi connectivity index (χ1n) is 20.4. The van der Waals surface area contributed by atoms with Crippen LogP contribution in [0.4, 0.5) is 5.69 Å². The van der Waals surface area contributed by atoms with Crippen LogP contribution in [0.2, 0.25) is 0 Å². The summed E-state index contributed by atoms with van der Waals surface area (Å²) in [6.45, 7) is 6.65. The number of amides is 1. The van der Waals surface area contributed by atoms with Gasteiger partial charge in [-0.05, 0) is 89.8 Å². The summed E-state index contributed by atoms with van der Waals surface area (Å²) >= 11 is 0. The zero-order chi connectivity index (χ0) is 39.8. The SMILES string of the molecule is CC(C)(C)c1ccc(CCC(CC2CCCCC2)OC(=O)c2ccc(C(=O)OCc3ccccc3)cc2)cc1NC(=O)CC1c2ccccc2Oc2ccccc21. The number of hydrogen-bond donors (Lipinski definition) is 1. The van der Waals surface area contributed by atoms with Crippen molar-refractivity contribution in [2.24, 2.45) is 5.92 Å². The highest BCUT2D eigenvalue weighted by Gasteiger charge is 2.30. The molecule has 2 aliphatic rings. The Balaban J connectivity index is 1.03. The molecule has 0 saturated heterocycles. The normalized spacial score (nSPS) is 14.7. The second kappa shape index (κ2) is 18.1. The molecular weight excluding hydrogens is 711 g/mol. The van der Waals surface area contributed by atoms with E-state index in [1.807, 2.05) is 78.9 Å². The number of ether oxygens (including phenoxy) is 3. The summed E-state index contributed by atoms with van der Waals surface area (Å²) in [5.74, 6) is 1.05. The van der Waals surface area contributed by atoms with Crippen molar-refractivity contribution < 1.29 is 28.6 Å². The maximum absolute atomic E-state index is 13.9. The van der Waals surface area contributed by atoms with Crippen LogP contribution in [0.5, 0.6) is 11.5 Å². The Bertz CT molecular complexity index is 2120. The molecule has 1 aliphatic heterocycles. The fourth-order valence-corrected chi connectivity index (χ4v) is 8.24. The molecule has 0 radical (unpaired) electrons. The van der Waals surface area contributed by atoms with Crippen molar-refractivity contribution in [1.82, 2.24) is 0 Å². The second-order valence-corrected chi connectivity index (χ2v) is 16.6. The monoisotopic (exact) mass is 763 g/mol. The Morgan fingerprint density at radius 2 is 1.33 bits per heavy atom. The van der Waals surface area contributed by atoms with Crippen LogP contribution in [0, 0.1) is 5.92 Å². The average Bonchev–Trinajstić information content (AvgIpc) is 3.22. The van der Waals surface area contributed by atoms with E-state index < -0.39 is 11.9 Å². The molecule has 5 aromatic carbocycles. The Morgan fingerprint density at radius 3 is 1.98 bits per heavy atom. The van der Waals surface area contributed by atoms with E-state index in [9.17, 15) is 14.4 Å². The number of fused-ring (bicyclic) bond motifs is 2. The molecule has 7 heteroatoms. The minimum atomic E-state index is -0.443. The molecule has 1 amide bonds. The van der Waals surface area contributed by atoms with Gasteiger partial charge in [-0.1, -0.05) is 132 Å². The summed E-state index contributed by atoms with van der Waals surface area (Å²) in [6, 6.07) is 38.3. The number of carbonyl (C=O) groups is 3. The van der Waals surface area contributed by atoms with Crippen molar-refractivity contribution in [3.05, 3.63) is 160 Å². The summed E-state index contributed by atoms with van der Waals surface area (Å²) in [5.41, 5.74) is 6.44. The molecule has 0 spiro atoms. The third-order valence-electron chi connectivity index (χ3n) is 11.3. The van der Waals surface area contributed by atoms with Gasteiger partial charge in [-0.25, -0.2) is 9.59 Å². The van der Waals surface area contributed by atoms with Gasteiger partial charge in [0.05, 0.1) is 11.1 Å². The molecule has 1 fully saturated rings. The molecule has 0 bridgehead atoms. The lowest BCUT2D eigenvalue weighted by atomic mass is 9.83. The molecule has 7 rings (SSSR count). The van der Waals surface area contributed by atoms with Gasteiger partial charge in [-0.3, -0.25) is 4.79 Å². The maximum Gasteiger partial charge on any atom is 0.338 e. The van der Waals surface area contributed by atoms with Gasteiger partial charge in [0.1, 0.15) is 24.2 Å². The van der Waals surface area contributed by atoms with Crippen molar-refractivity contribution in [3.8, 4) is 11.5 Å². The van der Waals surface area contributed by atoms with Gasteiger partial charge >= 0.3 is 11.9 Å². The minimum Gasteiger partial charge on any atom is -0.459 e. The van der Waals surface area contributed by atoms with Crippen LogP contribution in [0.3, 0.4) is 0 Å². The summed E-state index contributed by atoms with van der Waals surface area (Å²) in [6.07, 6.45) is 8.11. The van der Waals surface area contributed by atoms with Crippen LogP contribution in [0.1, 0.15) is 127 Å². The van der Waals surface area contributed by atoms with Gasteiger partial charge < -0.3 is 19.5 Å². The molecule has 1 atom stereocenters. The van der Waals surface area contributed by atoms with Crippen molar-refractivity contribution >= 4 is 23.5 Å². The summed E-state index contributed by atoms with van der Waals surface area (Å²) in [4.78, 5) is 40.2. The third kappa shape index (κ3) is 10.2. The van der Waals surface area contributed by atoms with Crippen LogP contribution < -0.4 is 10.1 Å². The van der Waals surface area contributed by atoms with Crippen molar-refractivity contribution in [3.63, 3.8) is 0 Å². The average molecular weight is 764 g/mol. The maximum atomic E-state index is 13.9. The van der Waals surface area contributed by atoms with E-state index in [0.717, 1.165) is 64.3 Å². The standard InChI is InChI=1S/C50H53NO6/c1-50(2,3)43-29-23-35(31-44(43)51-47(52)32-42-40-18-10-12-20-45(40)57-46-21-13-11-19-41(42)46)22-28-39(30-34-14-6-4-7-15-34)56-49(54)38-26-24-37(25-27-38)48(53)55-33-36-16-8-5-9-17-36/h5,8-13,16-21,23-27,29,31,34,39,42H,4,6-7,14-15,22,28,30,32-33H2,1-3H3,(H,51,52). The van der Waals surface area contributed by atoms with Gasteiger partial charge in [0, 0.05) is 29.2 Å². The number of esters is 2. The fourth-order valence-electron chi connectivity index (χ4n) is 8.24. The zero-order valence-corrected chi connectivity index (χ0v) is 33.3. The molecule has 1 N–H and O–H groups in total. The predicted octanol–water partition coefficient (Wildman–Crippen LogP) is 11.7. The first-order valence-corrected chi connectivity index (χ1v) is 20.4. The quantitative estimate of drug-likeness (QED) is 0.120. The summed E-state index contributed by atoms with van der Waals surface area (Å²) in [5, 5.41) is 3.30. The largest absolute Gasteiger partial charge is 0.459 e. The van der Waals surface area contributed by atoms with Crippen LogP contribution in [-0.2, 0) is 32.7 Å². The smallest absolute Gasteiger partial charge is 0.338 e. The second-order valence-electron chi connectivity index (χ2n) is 16.6. The predicted molar refractivity (Wildman–Crippen MR) is 224 cm³/mol. The number of benzene rings is 5. The molecule has 1 aliphatic carbocycles.